The third-order valence-corrected chi connectivity index (χ3v) is 3.63. The second-order valence-corrected chi connectivity index (χ2v) is 4.90. The number of aromatic nitrogens is 2. The predicted molar refractivity (Wildman–Crippen MR) is 79.1 cm³/mol. The van der Waals surface area contributed by atoms with Crippen molar-refractivity contribution in [3.63, 3.8) is 0 Å². The standard InChI is InChI=1S/C16H16FN3O/c17-13-6-2-1-5-12(13)11-20-15-8-4-3-7-14(15)19(9-10-21)16(20)18/h1-8,18,21H,9-11H2/p+1. The molecule has 0 bridgehead atoms. The van der Waals surface area contributed by atoms with E-state index >= 15 is 0 Å². The average molecular weight is 286 g/mol. The molecule has 5 heteroatoms. The Hall–Kier alpha value is -2.40. The molecule has 2 aromatic carbocycles. The number of nitrogen functional groups attached to an aromatic ring is 1. The summed E-state index contributed by atoms with van der Waals surface area (Å²) in [7, 11) is 0. The maximum Gasteiger partial charge on any atom is 0.356 e. The normalized spacial score (nSPS) is 11.1. The lowest BCUT2D eigenvalue weighted by Crippen LogP contribution is -2.37. The summed E-state index contributed by atoms with van der Waals surface area (Å²) in [4.78, 5) is 0. The van der Waals surface area contributed by atoms with E-state index in [0.717, 1.165) is 11.0 Å². The van der Waals surface area contributed by atoms with Gasteiger partial charge in [-0.15, -0.1) is 0 Å². The van der Waals surface area contributed by atoms with Gasteiger partial charge >= 0.3 is 5.95 Å². The van der Waals surface area contributed by atoms with Gasteiger partial charge in [0.15, 0.2) is 0 Å². The largest absolute Gasteiger partial charge is 0.393 e. The summed E-state index contributed by atoms with van der Waals surface area (Å²) in [5, 5.41) is 9.20. The van der Waals surface area contributed by atoms with Crippen LogP contribution in [0.15, 0.2) is 48.5 Å². The van der Waals surface area contributed by atoms with E-state index in [1.807, 2.05) is 39.5 Å². The highest BCUT2D eigenvalue weighted by Crippen LogP contribution is 2.17. The molecule has 21 heavy (non-hydrogen) atoms. The first-order chi connectivity index (χ1) is 10.2. The summed E-state index contributed by atoms with van der Waals surface area (Å²) in [6.07, 6.45) is 0. The number of nitrogens with two attached hydrogens (primary N) is 1. The van der Waals surface area contributed by atoms with E-state index in [1.54, 1.807) is 12.1 Å². The molecule has 3 rings (SSSR count). The van der Waals surface area contributed by atoms with Gasteiger partial charge in [-0.3, -0.25) is 5.73 Å². The molecule has 0 amide bonds. The molecule has 1 heterocycles. The van der Waals surface area contributed by atoms with Crippen LogP contribution >= 0.6 is 0 Å². The van der Waals surface area contributed by atoms with Gasteiger partial charge in [0.1, 0.15) is 23.4 Å². The van der Waals surface area contributed by atoms with Crippen molar-refractivity contribution in [2.24, 2.45) is 0 Å². The number of para-hydroxylation sites is 2. The molecular formula is C16H17FN3O+. The van der Waals surface area contributed by atoms with Gasteiger partial charge in [0.2, 0.25) is 0 Å². The summed E-state index contributed by atoms with van der Waals surface area (Å²) < 4.78 is 17.6. The molecule has 0 aliphatic heterocycles. The van der Waals surface area contributed by atoms with Crippen LogP contribution in [0.5, 0.6) is 0 Å². The monoisotopic (exact) mass is 286 g/mol. The zero-order valence-corrected chi connectivity index (χ0v) is 11.5. The van der Waals surface area contributed by atoms with Crippen LogP contribution < -0.4 is 10.3 Å². The number of nitrogens with zero attached hydrogens (tertiary/aromatic N) is 2. The minimum atomic E-state index is -0.247. The first-order valence-corrected chi connectivity index (χ1v) is 6.83. The van der Waals surface area contributed by atoms with Crippen molar-refractivity contribution < 1.29 is 14.1 Å². The number of imidazole rings is 1. The lowest BCUT2D eigenvalue weighted by Gasteiger charge is -2.03. The van der Waals surface area contributed by atoms with E-state index in [1.165, 1.54) is 6.07 Å². The van der Waals surface area contributed by atoms with Crippen molar-refractivity contribution >= 4 is 17.0 Å². The lowest BCUT2D eigenvalue weighted by atomic mass is 10.2. The number of aliphatic hydroxyl groups is 1. The Labute approximate surface area is 121 Å². The number of anilines is 1. The topological polar surface area (TPSA) is 55.1 Å². The van der Waals surface area contributed by atoms with Crippen LogP contribution in [0.25, 0.3) is 11.0 Å². The highest BCUT2D eigenvalue weighted by Gasteiger charge is 2.21. The molecule has 0 atom stereocenters. The van der Waals surface area contributed by atoms with E-state index in [0.29, 0.717) is 24.6 Å². The highest BCUT2D eigenvalue weighted by atomic mass is 19.1. The van der Waals surface area contributed by atoms with Crippen LogP contribution in [0.2, 0.25) is 0 Å². The SMILES string of the molecule is Nc1n(CCO)c2ccccc2[n+]1Cc1ccccc1F. The second-order valence-electron chi connectivity index (χ2n) is 4.90. The van der Waals surface area contributed by atoms with Crippen molar-refractivity contribution in [2.75, 3.05) is 12.3 Å². The molecule has 0 aliphatic carbocycles. The average Bonchev–Trinajstić information content (AvgIpc) is 2.76. The Morgan fingerprint density at radius 3 is 2.57 bits per heavy atom. The van der Waals surface area contributed by atoms with Gasteiger partial charge in [0.25, 0.3) is 0 Å². The van der Waals surface area contributed by atoms with Crippen LogP contribution in [0.3, 0.4) is 0 Å². The summed E-state index contributed by atoms with van der Waals surface area (Å²) in [5.74, 6) is 0.261. The molecular weight excluding hydrogens is 269 g/mol. The maximum absolute atomic E-state index is 13.9. The molecule has 0 spiro atoms. The Morgan fingerprint density at radius 2 is 1.81 bits per heavy atom. The molecule has 3 N–H and O–H groups in total. The molecule has 0 saturated carbocycles. The molecule has 4 nitrogen and oxygen atoms in total. The van der Waals surface area contributed by atoms with Crippen LogP contribution in [0, 0.1) is 5.82 Å². The van der Waals surface area contributed by atoms with Gasteiger partial charge in [0, 0.05) is 5.56 Å². The highest BCUT2D eigenvalue weighted by molar-refractivity contribution is 5.73. The predicted octanol–water partition coefficient (Wildman–Crippen LogP) is 1.69. The first-order valence-electron chi connectivity index (χ1n) is 6.83. The van der Waals surface area contributed by atoms with Crippen molar-refractivity contribution in [2.45, 2.75) is 13.1 Å². The third-order valence-electron chi connectivity index (χ3n) is 3.63. The Kier molecular flexibility index (Phi) is 3.58. The fourth-order valence-electron chi connectivity index (χ4n) is 2.61. The molecule has 108 valence electrons. The molecule has 0 unspecified atom stereocenters. The quantitative estimate of drug-likeness (QED) is 0.717. The molecule has 0 saturated heterocycles. The Morgan fingerprint density at radius 1 is 1.10 bits per heavy atom. The summed E-state index contributed by atoms with van der Waals surface area (Å²) in [6.45, 7) is 0.774. The number of halogens is 1. The number of benzene rings is 2. The number of hydrogen-bond acceptors (Lipinski definition) is 2. The van der Waals surface area contributed by atoms with Crippen LogP contribution in [-0.2, 0) is 13.1 Å². The lowest BCUT2D eigenvalue weighted by molar-refractivity contribution is -0.648. The van der Waals surface area contributed by atoms with Gasteiger partial charge in [-0.1, -0.05) is 30.3 Å². The number of rotatable bonds is 4. The minimum Gasteiger partial charge on any atom is -0.393 e. The molecule has 0 aliphatic rings. The second kappa shape index (κ2) is 5.54. The summed E-state index contributed by atoms with van der Waals surface area (Å²) in [6, 6.07) is 14.4. The van der Waals surface area contributed by atoms with Gasteiger partial charge < -0.3 is 5.11 Å². The molecule has 0 fully saturated rings. The Balaban J connectivity index is 2.14. The zero-order valence-electron chi connectivity index (χ0n) is 11.5. The van der Waals surface area contributed by atoms with Gasteiger partial charge in [-0.2, -0.15) is 0 Å². The minimum absolute atomic E-state index is 0.00255. The number of aliphatic hydroxyl groups excluding tert-OH is 1. The van der Waals surface area contributed by atoms with Gasteiger partial charge in [-0.05, 0) is 18.2 Å². The van der Waals surface area contributed by atoms with E-state index in [4.69, 9.17) is 5.73 Å². The fraction of sp³-hybridized carbons (Fsp3) is 0.188. The van der Waals surface area contributed by atoms with Gasteiger partial charge in [-0.25, -0.2) is 13.5 Å². The summed E-state index contributed by atoms with van der Waals surface area (Å²) in [5.41, 5.74) is 8.63. The number of fused-ring (bicyclic) bond motifs is 1. The number of hydrogen-bond donors (Lipinski definition) is 2. The van der Waals surface area contributed by atoms with Crippen molar-refractivity contribution in [3.8, 4) is 0 Å². The van der Waals surface area contributed by atoms with E-state index in [-0.39, 0.29) is 12.4 Å². The zero-order chi connectivity index (χ0) is 14.8. The van der Waals surface area contributed by atoms with Crippen LogP contribution in [0.4, 0.5) is 10.3 Å². The molecule has 3 aromatic rings. The molecule has 0 radical (unpaired) electrons. The smallest absolute Gasteiger partial charge is 0.356 e. The van der Waals surface area contributed by atoms with Crippen molar-refractivity contribution in [1.82, 2.24) is 4.57 Å². The molecule has 1 aromatic heterocycles. The van der Waals surface area contributed by atoms with Gasteiger partial charge in [0.05, 0.1) is 13.2 Å². The van der Waals surface area contributed by atoms with Crippen molar-refractivity contribution in [3.05, 3.63) is 59.9 Å². The van der Waals surface area contributed by atoms with E-state index in [9.17, 15) is 9.50 Å². The van der Waals surface area contributed by atoms with E-state index in [2.05, 4.69) is 0 Å². The fourth-order valence-corrected chi connectivity index (χ4v) is 2.61. The van der Waals surface area contributed by atoms with Crippen LogP contribution in [0.1, 0.15) is 5.56 Å². The Bertz CT molecular complexity index is 782. The van der Waals surface area contributed by atoms with Crippen LogP contribution in [-0.4, -0.2) is 16.3 Å². The third kappa shape index (κ3) is 2.36. The maximum atomic E-state index is 13.9. The first kappa shape index (κ1) is 13.6. The van der Waals surface area contributed by atoms with E-state index < -0.39 is 0 Å². The summed E-state index contributed by atoms with van der Waals surface area (Å²) >= 11 is 0. The van der Waals surface area contributed by atoms with Crippen molar-refractivity contribution in [1.29, 1.82) is 0 Å².